The molecule has 0 aliphatic carbocycles. The Kier molecular flexibility index (Phi) is 5.13. The molecule has 0 fully saturated rings. The minimum atomic E-state index is -0.446. The van der Waals surface area contributed by atoms with E-state index in [2.05, 4.69) is 15.5 Å². The Morgan fingerprint density at radius 3 is 2.33 bits per heavy atom. The molecule has 0 unspecified atom stereocenters. The lowest BCUT2D eigenvalue weighted by Gasteiger charge is -2.18. The molecule has 0 spiro atoms. The smallest absolute Gasteiger partial charge is 0.274 e. The van der Waals surface area contributed by atoms with Crippen LogP contribution in [0, 0.1) is 20.8 Å². The molecule has 126 valence electrons. The number of rotatable bonds is 4. The van der Waals surface area contributed by atoms with Crippen LogP contribution in [0.4, 0.5) is 5.69 Å². The number of H-pyrrole nitrogens is 1. The number of likely N-dealkylation sites (N-methyl/N-ethyl adjacent to an activating group) is 1. The van der Waals surface area contributed by atoms with Crippen LogP contribution in [0.25, 0.3) is 0 Å². The summed E-state index contributed by atoms with van der Waals surface area (Å²) in [6.45, 7) is 5.73. The van der Waals surface area contributed by atoms with E-state index in [0.717, 1.165) is 22.4 Å². The summed E-state index contributed by atoms with van der Waals surface area (Å²) < 4.78 is 0. The number of amides is 2. The number of hydrogen-bond acceptors (Lipinski definition) is 4. The number of aromatic nitrogens is 2. The maximum atomic E-state index is 12.2. The van der Waals surface area contributed by atoms with Crippen LogP contribution in [0.3, 0.4) is 0 Å². The van der Waals surface area contributed by atoms with Gasteiger partial charge in [-0.2, -0.15) is 5.10 Å². The summed E-state index contributed by atoms with van der Waals surface area (Å²) in [5.41, 5.74) is 3.51. The Morgan fingerprint density at radius 1 is 1.17 bits per heavy atom. The van der Waals surface area contributed by atoms with Gasteiger partial charge in [-0.1, -0.05) is 17.7 Å². The quantitative estimate of drug-likeness (QED) is 0.887. The van der Waals surface area contributed by atoms with E-state index >= 15 is 0 Å². The zero-order chi connectivity index (χ0) is 17.9. The lowest BCUT2D eigenvalue weighted by Crippen LogP contribution is -2.36. The van der Waals surface area contributed by atoms with E-state index < -0.39 is 11.5 Å². The van der Waals surface area contributed by atoms with Gasteiger partial charge in [-0.25, -0.2) is 5.10 Å². The van der Waals surface area contributed by atoms with E-state index in [0.29, 0.717) is 0 Å². The van der Waals surface area contributed by atoms with Crippen molar-refractivity contribution < 1.29 is 9.59 Å². The van der Waals surface area contributed by atoms with Crippen LogP contribution in [-0.2, 0) is 4.79 Å². The highest BCUT2D eigenvalue weighted by atomic mass is 16.2. The molecule has 2 amide bonds. The first kappa shape index (κ1) is 17.4. The highest BCUT2D eigenvalue weighted by molar-refractivity contribution is 5.98. The maximum absolute atomic E-state index is 12.2. The van der Waals surface area contributed by atoms with E-state index in [9.17, 15) is 14.4 Å². The fourth-order valence-electron chi connectivity index (χ4n) is 2.50. The Labute approximate surface area is 139 Å². The molecule has 0 radical (unpaired) electrons. The van der Waals surface area contributed by atoms with Crippen molar-refractivity contribution in [1.82, 2.24) is 15.1 Å². The topological polar surface area (TPSA) is 95.2 Å². The summed E-state index contributed by atoms with van der Waals surface area (Å²) >= 11 is 0. The lowest BCUT2D eigenvalue weighted by atomic mass is 10.1. The van der Waals surface area contributed by atoms with E-state index in [1.165, 1.54) is 24.1 Å². The van der Waals surface area contributed by atoms with Crippen molar-refractivity contribution in [2.75, 3.05) is 18.9 Å². The molecule has 24 heavy (non-hydrogen) atoms. The van der Waals surface area contributed by atoms with Gasteiger partial charge in [-0.3, -0.25) is 14.4 Å². The van der Waals surface area contributed by atoms with Gasteiger partial charge in [0.25, 0.3) is 11.5 Å². The summed E-state index contributed by atoms with van der Waals surface area (Å²) in [4.78, 5) is 36.6. The number of nitrogens with zero attached hydrogens (tertiary/aromatic N) is 2. The highest BCUT2D eigenvalue weighted by Crippen LogP contribution is 2.21. The molecule has 1 heterocycles. The highest BCUT2D eigenvalue weighted by Gasteiger charge is 2.17. The van der Waals surface area contributed by atoms with Gasteiger partial charge in [-0.05, 0) is 38.0 Å². The predicted octanol–water partition coefficient (Wildman–Crippen LogP) is 1.41. The summed E-state index contributed by atoms with van der Waals surface area (Å²) in [6.07, 6.45) is 0. The first-order valence-electron chi connectivity index (χ1n) is 7.47. The van der Waals surface area contributed by atoms with Crippen LogP contribution in [0.15, 0.2) is 29.1 Å². The van der Waals surface area contributed by atoms with E-state index in [1.807, 2.05) is 32.9 Å². The third kappa shape index (κ3) is 4.07. The second-order valence-corrected chi connectivity index (χ2v) is 5.79. The average molecular weight is 328 g/mol. The van der Waals surface area contributed by atoms with Gasteiger partial charge < -0.3 is 10.2 Å². The lowest BCUT2D eigenvalue weighted by molar-refractivity contribution is -0.116. The van der Waals surface area contributed by atoms with E-state index in [1.54, 1.807) is 0 Å². The van der Waals surface area contributed by atoms with Gasteiger partial charge in [0.2, 0.25) is 5.91 Å². The summed E-state index contributed by atoms with van der Waals surface area (Å²) in [6, 6.07) is 6.51. The van der Waals surface area contributed by atoms with Crippen LogP contribution >= 0.6 is 0 Å². The zero-order valence-corrected chi connectivity index (χ0v) is 14.1. The second-order valence-electron chi connectivity index (χ2n) is 5.79. The molecule has 2 rings (SSSR count). The second kappa shape index (κ2) is 7.08. The average Bonchev–Trinajstić information content (AvgIpc) is 2.50. The third-order valence-corrected chi connectivity index (χ3v) is 3.57. The van der Waals surface area contributed by atoms with Crippen LogP contribution in [0.1, 0.15) is 27.2 Å². The number of hydrogen-bond donors (Lipinski definition) is 2. The number of anilines is 1. The fourth-order valence-corrected chi connectivity index (χ4v) is 2.50. The monoisotopic (exact) mass is 328 g/mol. The van der Waals surface area contributed by atoms with Crippen LogP contribution < -0.4 is 10.9 Å². The summed E-state index contributed by atoms with van der Waals surface area (Å²) in [5.74, 6) is -0.746. The van der Waals surface area contributed by atoms with Gasteiger partial charge in [0.15, 0.2) is 0 Å². The predicted molar refractivity (Wildman–Crippen MR) is 91.1 cm³/mol. The third-order valence-electron chi connectivity index (χ3n) is 3.57. The maximum Gasteiger partial charge on any atom is 0.274 e. The van der Waals surface area contributed by atoms with Crippen molar-refractivity contribution in [3.8, 4) is 0 Å². The molecule has 7 nitrogen and oxygen atoms in total. The van der Waals surface area contributed by atoms with Crippen molar-refractivity contribution in [3.05, 3.63) is 57.0 Å². The van der Waals surface area contributed by atoms with E-state index in [4.69, 9.17) is 0 Å². The SMILES string of the molecule is Cc1cc(C)c(NC(=O)CN(C)C(=O)c2ccc(=O)[nH]n2)c(C)c1. The van der Waals surface area contributed by atoms with Crippen molar-refractivity contribution >= 4 is 17.5 Å². The number of aryl methyl sites for hydroxylation is 3. The van der Waals surface area contributed by atoms with E-state index in [-0.39, 0.29) is 18.1 Å². The van der Waals surface area contributed by atoms with Crippen molar-refractivity contribution in [1.29, 1.82) is 0 Å². The molecule has 0 aliphatic rings. The number of carbonyl (C=O) groups is 2. The zero-order valence-electron chi connectivity index (χ0n) is 14.1. The van der Waals surface area contributed by atoms with Crippen LogP contribution in [0.2, 0.25) is 0 Å². The molecule has 1 aromatic carbocycles. The summed E-state index contributed by atoms with van der Waals surface area (Å²) in [5, 5.41) is 8.70. The number of aromatic amines is 1. The van der Waals surface area contributed by atoms with Gasteiger partial charge in [0, 0.05) is 18.8 Å². The number of benzene rings is 1. The minimum absolute atomic E-state index is 0.0765. The first-order valence-corrected chi connectivity index (χ1v) is 7.47. The molecule has 0 aliphatic heterocycles. The fraction of sp³-hybridized carbons (Fsp3) is 0.294. The number of nitrogens with one attached hydrogen (secondary N) is 2. The van der Waals surface area contributed by atoms with Gasteiger partial charge >= 0.3 is 0 Å². The van der Waals surface area contributed by atoms with Crippen LogP contribution in [-0.4, -0.2) is 40.5 Å². The largest absolute Gasteiger partial charge is 0.331 e. The molecule has 0 saturated carbocycles. The summed E-state index contributed by atoms with van der Waals surface area (Å²) in [7, 11) is 1.50. The Hall–Kier alpha value is -2.96. The standard InChI is InChI=1S/C17H20N4O3/c1-10-7-11(2)16(12(3)8-10)18-15(23)9-21(4)17(24)13-5-6-14(22)20-19-13/h5-8H,9H2,1-4H3,(H,18,23)(H,20,22). The Balaban J connectivity index is 2.05. The molecule has 2 aromatic rings. The van der Waals surface area contributed by atoms with Gasteiger partial charge in [0.05, 0.1) is 6.54 Å². The van der Waals surface area contributed by atoms with Crippen molar-refractivity contribution in [3.63, 3.8) is 0 Å². The number of carbonyl (C=O) groups excluding carboxylic acids is 2. The molecular formula is C17H20N4O3. The molecule has 0 atom stereocenters. The molecule has 2 N–H and O–H groups in total. The normalized spacial score (nSPS) is 10.3. The van der Waals surface area contributed by atoms with Gasteiger partial charge in [-0.15, -0.1) is 0 Å². The Morgan fingerprint density at radius 2 is 1.79 bits per heavy atom. The Bertz CT molecular complexity index is 798. The molecular weight excluding hydrogens is 308 g/mol. The van der Waals surface area contributed by atoms with Crippen LogP contribution in [0.5, 0.6) is 0 Å². The molecule has 7 heteroatoms. The first-order chi connectivity index (χ1) is 11.3. The molecule has 1 aromatic heterocycles. The van der Waals surface area contributed by atoms with Crippen molar-refractivity contribution in [2.45, 2.75) is 20.8 Å². The molecule has 0 bridgehead atoms. The van der Waals surface area contributed by atoms with Gasteiger partial charge in [0.1, 0.15) is 5.69 Å². The van der Waals surface area contributed by atoms with Crippen molar-refractivity contribution in [2.24, 2.45) is 0 Å². The minimum Gasteiger partial charge on any atom is -0.331 e. The molecule has 0 saturated heterocycles.